The predicted molar refractivity (Wildman–Crippen MR) is 81.1 cm³/mol. The van der Waals surface area contributed by atoms with Gasteiger partial charge in [-0.15, -0.1) is 6.58 Å². The summed E-state index contributed by atoms with van der Waals surface area (Å²) in [4.78, 5) is 24.7. The van der Waals surface area contributed by atoms with Gasteiger partial charge in [0.1, 0.15) is 5.69 Å². The Bertz CT molecular complexity index is 714. The highest BCUT2D eigenvalue weighted by molar-refractivity contribution is 5.96. The van der Waals surface area contributed by atoms with Crippen LogP contribution in [0.1, 0.15) is 30.4 Å². The van der Waals surface area contributed by atoms with E-state index in [0.717, 1.165) is 5.39 Å². The minimum absolute atomic E-state index is 0.0865. The number of aromatic nitrogens is 1. The van der Waals surface area contributed by atoms with E-state index < -0.39 is 0 Å². The number of hydrogen-bond acceptors (Lipinski definition) is 2. The van der Waals surface area contributed by atoms with E-state index >= 15 is 0 Å². The van der Waals surface area contributed by atoms with E-state index in [0.29, 0.717) is 17.6 Å². The fourth-order valence-corrected chi connectivity index (χ4v) is 2.22. The van der Waals surface area contributed by atoms with Crippen LogP contribution in [0, 0.1) is 0 Å². The third kappa shape index (κ3) is 2.50. The lowest BCUT2D eigenvalue weighted by Crippen LogP contribution is -2.33. The second-order valence-corrected chi connectivity index (χ2v) is 4.88. The maximum atomic E-state index is 12.5. The molecule has 0 aliphatic heterocycles. The molecule has 0 bridgehead atoms. The highest BCUT2D eigenvalue weighted by Crippen LogP contribution is 2.15. The zero-order valence-electron chi connectivity index (χ0n) is 11.7. The smallest absolute Gasteiger partial charge is 0.268 e. The third-order valence-electron chi connectivity index (χ3n) is 3.12. The van der Waals surface area contributed by atoms with Crippen molar-refractivity contribution in [3.63, 3.8) is 0 Å². The van der Waals surface area contributed by atoms with Crippen molar-refractivity contribution < 1.29 is 4.79 Å². The molecule has 0 unspecified atom stereocenters. The van der Waals surface area contributed by atoms with Crippen molar-refractivity contribution in [1.29, 1.82) is 0 Å². The average Bonchev–Trinajstić information content (AvgIpc) is 2.44. The van der Waals surface area contributed by atoms with E-state index in [4.69, 9.17) is 0 Å². The summed E-state index contributed by atoms with van der Waals surface area (Å²) in [7, 11) is 0. The van der Waals surface area contributed by atoms with Crippen LogP contribution in [0.3, 0.4) is 0 Å². The lowest BCUT2D eigenvalue weighted by atomic mass is 10.1. The minimum Gasteiger partial charge on any atom is -0.347 e. The zero-order chi connectivity index (χ0) is 14.7. The molecular weight excluding hydrogens is 252 g/mol. The van der Waals surface area contributed by atoms with Gasteiger partial charge in [0.25, 0.3) is 11.5 Å². The van der Waals surface area contributed by atoms with Crippen molar-refractivity contribution >= 4 is 16.7 Å². The first-order valence-corrected chi connectivity index (χ1v) is 6.59. The van der Waals surface area contributed by atoms with E-state index in [9.17, 15) is 9.59 Å². The van der Waals surface area contributed by atoms with Crippen LogP contribution in [-0.4, -0.2) is 17.0 Å². The van der Waals surface area contributed by atoms with Crippen molar-refractivity contribution in [1.82, 2.24) is 9.88 Å². The van der Waals surface area contributed by atoms with Crippen LogP contribution < -0.4 is 10.9 Å². The van der Waals surface area contributed by atoms with Gasteiger partial charge in [0, 0.05) is 18.0 Å². The Kier molecular flexibility index (Phi) is 4.03. The number of benzene rings is 1. The summed E-state index contributed by atoms with van der Waals surface area (Å²) in [5.74, 6) is -0.263. The number of nitrogens with zero attached hydrogens (tertiary/aromatic N) is 1. The summed E-state index contributed by atoms with van der Waals surface area (Å²) in [5, 5.41) is 4.12. The molecular formula is C16H18N2O2. The molecule has 1 heterocycles. The molecule has 1 amide bonds. The van der Waals surface area contributed by atoms with Gasteiger partial charge in [-0.3, -0.25) is 9.59 Å². The largest absolute Gasteiger partial charge is 0.347 e. The van der Waals surface area contributed by atoms with Crippen LogP contribution in [-0.2, 0) is 0 Å². The van der Waals surface area contributed by atoms with Gasteiger partial charge in [-0.1, -0.05) is 24.3 Å². The lowest BCUT2D eigenvalue weighted by molar-refractivity contribution is 0.0946. The monoisotopic (exact) mass is 270 g/mol. The Balaban J connectivity index is 2.68. The molecule has 1 aromatic carbocycles. The van der Waals surface area contributed by atoms with E-state index in [-0.39, 0.29) is 17.5 Å². The molecule has 0 aliphatic rings. The number of amides is 1. The fourth-order valence-electron chi connectivity index (χ4n) is 2.22. The molecule has 0 radical (unpaired) electrons. The van der Waals surface area contributed by atoms with E-state index in [1.54, 1.807) is 18.2 Å². The highest BCUT2D eigenvalue weighted by atomic mass is 16.2. The Morgan fingerprint density at radius 1 is 1.40 bits per heavy atom. The Hall–Kier alpha value is -2.36. The summed E-state index contributed by atoms with van der Waals surface area (Å²) < 4.78 is 1.53. The van der Waals surface area contributed by atoms with Crippen LogP contribution in [0.25, 0.3) is 10.8 Å². The van der Waals surface area contributed by atoms with Gasteiger partial charge < -0.3 is 9.88 Å². The summed E-state index contributed by atoms with van der Waals surface area (Å²) >= 11 is 0. The van der Waals surface area contributed by atoms with Crippen molar-refractivity contribution in [2.75, 3.05) is 6.54 Å². The molecule has 0 atom stereocenters. The summed E-state index contributed by atoms with van der Waals surface area (Å²) in [5.41, 5.74) is 0.243. The van der Waals surface area contributed by atoms with Gasteiger partial charge in [0.05, 0.1) is 0 Å². The van der Waals surface area contributed by atoms with Gasteiger partial charge in [-0.05, 0) is 31.4 Å². The second kappa shape index (κ2) is 5.74. The minimum atomic E-state index is -0.263. The molecule has 1 N–H and O–H groups in total. The number of rotatable bonds is 4. The van der Waals surface area contributed by atoms with Crippen LogP contribution in [0.2, 0.25) is 0 Å². The molecule has 0 spiro atoms. The number of carbonyl (C=O) groups is 1. The van der Waals surface area contributed by atoms with Crippen LogP contribution in [0.15, 0.2) is 47.8 Å². The predicted octanol–water partition coefficient (Wildman–Crippen LogP) is 2.50. The first kappa shape index (κ1) is 14.1. The quantitative estimate of drug-likeness (QED) is 0.868. The van der Waals surface area contributed by atoms with E-state index in [2.05, 4.69) is 11.9 Å². The van der Waals surface area contributed by atoms with Gasteiger partial charge in [-0.2, -0.15) is 0 Å². The molecule has 1 aromatic heterocycles. The third-order valence-corrected chi connectivity index (χ3v) is 3.12. The van der Waals surface area contributed by atoms with E-state index in [1.807, 2.05) is 32.0 Å². The molecule has 20 heavy (non-hydrogen) atoms. The van der Waals surface area contributed by atoms with Crippen molar-refractivity contribution in [3.05, 3.63) is 59.0 Å². The fraction of sp³-hybridized carbons (Fsp3) is 0.250. The number of pyridine rings is 1. The normalized spacial score (nSPS) is 10.8. The van der Waals surface area contributed by atoms with Gasteiger partial charge in [-0.25, -0.2) is 0 Å². The average molecular weight is 270 g/mol. The summed E-state index contributed by atoms with van der Waals surface area (Å²) in [6, 6.07) is 8.97. The van der Waals surface area contributed by atoms with Crippen LogP contribution in [0.5, 0.6) is 0 Å². The van der Waals surface area contributed by atoms with E-state index in [1.165, 1.54) is 4.57 Å². The maximum absolute atomic E-state index is 12.5. The first-order chi connectivity index (χ1) is 9.56. The molecule has 104 valence electrons. The zero-order valence-corrected chi connectivity index (χ0v) is 11.7. The van der Waals surface area contributed by atoms with Gasteiger partial charge in [0.2, 0.25) is 0 Å². The first-order valence-electron chi connectivity index (χ1n) is 6.59. The molecule has 2 rings (SSSR count). The summed E-state index contributed by atoms with van der Waals surface area (Å²) in [6.45, 7) is 7.72. The molecule has 4 heteroatoms. The Morgan fingerprint density at radius 2 is 2.10 bits per heavy atom. The number of nitrogens with one attached hydrogen (secondary N) is 1. The molecule has 0 fully saturated rings. The summed E-state index contributed by atoms with van der Waals surface area (Å²) in [6.07, 6.45) is 1.61. The van der Waals surface area contributed by atoms with Crippen molar-refractivity contribution in [2.24, 2.45) is 0 Å². The SMILES string of the molecule is C=CCNC(=O)c1cc2ccccc2c(=O)n1C(C)C. The number of carbonyl (C=O) groups excluding carboxylic acids is 1. The Morgan fingerprint density at radius 3 is 2.75 bits per heavy atom. The highest BCUT2D eigenvalue weighted by Gasteiger charge is 2.16. The van der Waals surface area contributed by atoms with Crippen molar-refractivity contribution in [3.8, 4) is 0 Å². The second-order valence-electron chi connectivity index (χ2n) is 4.88. The number of hydrogen-bond donors (Lipinski definition) is 1. The maximum Gasteiger partial charge on any atom is 0.268 e. The topological polar surface area (TPSA) is 51.1 Å². The molecule has 0 saturated carbocycles. The molecule has 4 nitrogen and oxygen atoms in total. The van der Waals surface area contributed by atoms with Crippen LogP contribution in [0.4, 0.5) is 0 Å². The van der Waals surface area contributed by atoms with Gasteiger partial charge in [0.15, 0.2) is 0 Å². The van der Waals surface area contributed by atoms with Gasteiger partial charge >= 0.3 is 0 Å². The molecule has 2 aromatic rings. The lowest BCUT2D eigenvalue weighted by Gasteiger charge is -2.17. The number of fused-ring (bicyclic) bond motifs is 1. The van der Waals surface area contributed by atoms with Crippen LogP contribution >= 0.6 is 0 Å². The van der Waals surface area contributed by atoms with Crippen molar-refractivity contribution in [2.45, 2.75) is 19.9 Å². The molecule has 0 saturated heterocycles. The Labute approximate surface area is 117 Å². The molecule has 0 aliphatic carbocycles. The standard InChI is InChI=1S/C16H18N2O2/c1-4-9-17-15(19)14-10-12-7-5-6-8-13(12)16(20)18(14)11(2)3/h4-8,10-11H,1,9H2,2-3H3,(H,17,19).